The molecule has 44 valence electrons. The van der Waals surface area contributed by atoms with Gasteiger partial charge in [-0.3, -0.25) is 0 Å². The smallest absolute Gasteiger partial charge is 0.166 e. The molecule has 0 aliphatic carbocycles. The Labute approximate surface area is 54.8 Å². The van der Waals surface area contributed by atoms with Crippen molar-refractivity contribution in [2.75, 3.05) is 0 Å². The minimum atomic E-state index is 0.961. The van der Waals surface area contributed by atoms with Crippen molar-refractivity contribution in [2.24, 2.45) is 0 Å². The van der Waals surface area contributed by atoms with E-state index in [1.807, 2.05) is 30.3 Å². The van der Waals surface area contributed by atoms with Crippen LogP contribution in [0.3, 0.4) is 0 Å². The van der Waals surface area contributed by atoms with E-state index < -0.39 is 0 Å². The summed E-state index contributed by atoms with van der Waals surface area (Å²) in [6.07, 6.45) is 1.74. The number of aromatic nitrogens is 1. The van der Waals surface area contributed by atoms with E-state index in [2.05, 4.69) is 0 Å². The summed E-state index contributed by atoms with van der Waals surface area (Å²) in [5.41, 5.74) is 0.961. The lowest BCUT2D eigenvalue weighted by atomic mass is 10.3. The molecule has 0 aliphatic heterocycles. The molecule has 0 spiro atoms. The molecular weight excluding hydrogens is 110 g/mol. The molecule has 1 N–H and O–H groups in total. The molecule has 0 aliphatic rings. The lowest BCUT2D eigenvalue weighted by molar-refractivity contribution is 1.48. The Kier molecular flexibility index (Phi) is 0.671. The number of benzene rings is 1. The predicted molar refractivity (Wildman–Crippen MR) is 38.3 cm³/mol. The van der Waals surface area contributed by atoms with Gasteiger partial charge in [0, 0.05) is 11.7 Å². The number of aromatic amines is 1. The first-order chi connectivity index (χ1) is 4.88. The Bertz CT molecular complexity index is 351. The molecule has 0 amide bonds. The highest BCUT2D eigenvalue weighted by Crippen LogP contribution is 2.09. The lowest BCUT2D eigenvalue weighted by Crippen LogP contribution is -1.61. The first kappa shape index (κ1) is 3.72. The fraction of sp³-hybridized carbons (Fsp3) is 0. The van der Waals surface area contributed by atoms with E-state index in [1.54, 1.807) is 6.20 Å². The third-order valence-electron chi connectivity index (χ3n) is 1.40. The highest BCUT2D eigenvalue weighted by Gasteiger charge is 1.86. The number of hydrogen-bond acceptors (Lipinski definition) is 0. The molecule has 2 aromatic rings. The van der Waals surface area contributed by atoms with Crippen molar-refractivity contribution in [3.63, 3.8) is 0 Å². The van der Waals surface area contributed by atoms with Crippen molar-refractivity contribution in [3.05, 3.63) is 36.5 Å². The van der Waals surface area contributed by atoms with Crippen LogP contribution in [0.2, 0.25) is 1.41 Å². The van der Waals surface area contributed by atoms with Crippen molar-refractivity contribution < 1.29 is 1.41 Å². The van der Waals surface area contributed by atoms with E-state index in [4.69, 9.17) is 1.41 Å². The largest absolute Gasteiger partial charge is 0.361 e. The van der Waals surface area contributed by atoms with Gasteiger partial charge in [-0.2, -0.15) is 0 Å². The second-order valence-corrected chi connectivity index (χ2v) is 2.00. The molecule has 1 aromatic carbocycles. The minimum absolute atomic E-state index is 0.961. The fourth-order valence-electron chi connectivity index (χ4n) is 0.944. The summed E-state index contributed by atoms with van der Waals surface area (Å²) in [7, 11) is 0. The Morgan fingerprint density at radius 3 is 3.00 bits per heavy atom. The van der Waals surface area contributed by atoms with Gasteiger partial charge in [-0.1, -0.05) is 18.2 Å². The molecule has 0 atom stereocenters. The van der Waals surface area contributed by atoms with Crippen LogP contribution in [0.25, 0.3) is 10.9 Å². The topological polar surface area (TPSA) is 15.8 Å². The van der Waals surface area contributed by atoms with Crippen LogP contribution >= 0.6 is 0 Å². The number of rotatable bonds is 0. The van der Waals surface area contributed by atoms with Gasteiger partial charge >= 0.3 is 0 Å². The van der Waals surface area contributed by atoms with E-state index >= 15 is 0 Å². The SMILES string of the molecule is [3H]n1ccc2ccccc21. The second-order valence-electron chi connectivity index (χ2n) is 2.00. The Hall–Kier alpha value is -1.24. The van der Waals surface area contributed by atoms with Crippen LogP contribution in [0.5, 0.6) is 0 Å². The summed E-state index contributed by atoms with van der Waals surface area (Å²) in [6, 6.07) is 9.78. The number of nitrogens with one attached hydrogen (secondary N) is 1. The average Bonchev–Trinajstić information content (AvgIpc) is 2.34. The highest BCUT2D eigenvalue weighted by atomic mass is 14.6. The van der Waals surface area contributed by atoms with Gasteiger partial charge in [0.2, 0.25) is 0 Å². The summed E-state index contributed by atoms with van der Waals surface area (Å²) >= 11 is 0. The molecule has 1 heteroatoms. The zero-order valence-electron chi connectivity index (χ0n) is 5.91. The van der Waals surface area contributed by atoms with E-state index in [9.17, 15) is 0 Å². The van der Waals surface area contributed by atoms with Crippen LogP contribution in [0.1, 0.15) is 0 Å². The first-order valence-corrected chi connectivity index (χ1v) is 2.93. The van der Waals surface area contributed by atoms with Gasteiger partial charge in [-0.05, 0) is 17.5 Å². The summed E-state index contributed by atoms with van der Waals surface area (Å²) in [6.45, 7) is 0. The Morgan fingerprint density at radius 1 is 1.22 bits per heavy atom. The zero-order valence-corrected chi connectivity index (χ0v) is 4.91. The van der Waals surface area contributed by atoms with Gasteiger partial charge in [-0.15, -0.1) is 0 Å². The number of fused-ring (bicyclic) bond motifs is 1. The lowest BCUT2D eigenvalue weighted by Gasteiger charge is -1.83. The molecule has 9 heavy (non-hydrogen) atoms. The number of para-hydroxylation sites is 1. The molecule has 1 heterocycles. The van der Waals surface area contributed by atoms with Gasteiger partial charge in [0.1, 0.15) is 0 Å². The molecule has 0 saturated carbocycles. The summed E-state index contributed by atoms with van der Waals surface area (Å²) in [5.74, 6) is 0. The van der Waals surface area contributed by atoms with Crippen LogP contribution in [0.4, 0.5) is 0 Å². The zero-order chi connectivity index (χ0) is 6.97. The first-order valence-electron chi connectivity index (χ1n) is 3.38. The van der Waals surface area contributed by atoms with Gasteiger partial charge < -0.3 is 4.98 Å². The third kappa shape index (κ3) is 0.617. The minimum Gasteiger partial charge on any atom is -0.361 e. The molecular formula is C8H7N. The molecule has 2 rings (SSSR count). The van der Waals surface area contributed by atoms with Gasteiger partial charge in [-0.25, -0.2) is 0 Å². The quantitative estimate of drug-likeness (QED) is 0.547. The monoisotopic (exact) mass is 119 g/mol. The second kappa shape index (κ2) is 1.62. The van der Waals surface area contributed by atoms with E-state index in [-0.39, 0.29) is 0 Å². The van der Waals surface area contributed by atoms with Crippen molar-refractivity contribution in [1.29, 1.82) is 0 Å². The molecule has 0 saturated heterocycles. The molecule has 1 aromatic heterocycles. The maximum absolute atomic E-state index is 7.36. The van der Waals surface area contributed by atoms with Gasteiger partial charge in [0.15, 0.2) is 1.41 Å². The van der Waals surface area contributed by atoms with Crippen molar-refractivity contribution in [3.8, 4) is 0 Å². The third-order valence-corrected chi connectivity index (χ3v) is 1.40. The van der Waals surface area contributed by atoms with E-state index in [1.165, 1.54) is 4.98 Å². The molecule has 1 nitrogen and oxygen atoms in total. The maximum Gasteiger partial charge on any atom is 0.166 e. The predicted octanol–water partition coefficient (Wildman–Crippen LogP) is 2.17. The number of H-pyrrole nitrogens is 1. The standard InChI is InChI=1S/C8H7N/c1-2-4-8-7(3-1)5-6-9-8/h1-6,9H/i/hT. The average molecular weight is 119 g/mol. The summed E-state index contributed by atoms with van der Waals surface area (Å²) in [4.78, 5) is 1.37. The summed E-state index contributed by atoms with van der Waals surface area (Å²) in [5, 5.41) is 1.12. The van der Waals surface area contributed by atoms with Crippen LogP contribution < -0.4 is 0 Å². The Balaban J connectivity index is 2.93. The normalized spacial score (nSPS) is 11.8. The molecule has 0 fully saturated rings. The van der Waals surface area contributed by atoms with E-state index in [0.717, 1.165) is 10.9 Å². The van der Waals surface area contributed by atoms with Gasteiger partial charge in [0.05, 0.1) is 0 Å². The highest BCUT2D eigenvalue weighted by molar-refractivity contribution is 5.78. The van der Waals surface area contributed by atoms with Gasteiger partial charge in [0.25, 0.3) is 0 Å². The van der Waals surface area contributed by atoms with Crippen molar-refractivity contribution >= 4 is 10.9 Å². The van der Waals surface area contributed by atoms with Crippen LogP contribution in [-0.2, 0) is 0 Å². The van der Waals surface area contributed by atoms with Crippen LogP contribution in [0, 0.1) is 0 Å². The molecule has 0 unspecified atom stereocenters. The molecule has 0 bridgehead atoms. The molecule has 0 radical (unpaired) electrons. The van der Waals surface area contributed by atoms with Crippen LogP contribution in [0.15, 0.2) is 36.5 Å². The summed E-state index contributed by atoms with van der Waals surface area (Å²) < 4.78 is 7.36. The Morgan fingerprint density at radius 2 is 2.11 bits per heavy atom. The van der Waals surface area contributed by atoms with Crippen molar-refractivity contribution in [2.45, 2.75) is 0 Å². The maximum atomic E-state index is 7.36. The van der Waals surface area contributed by atoms with E-state index in [0.29, 0.717) is 0 Å². The van der Waals surface area contributed by atoms with Crippen molar-refractivity contribution in [1.82, 2.24) is 4.98 Å². The fourth-order valence-corrected chi connectivity index (χ4v) is 0.944. The van der Waals surface area contributed by atoms with Crippen LogP contribution in [-0.4, -0.2) is 4.98 Å². The number of hydrogen-bond donors (Lipinski definition) is 1.